The van der Waals surface area contributed by atoms with Gasteiger partial charge in [-0.05, 0) is 0 Å². The van der Waals surface area contributed by atoms with Crippen LogP contribution in [0.1, 0.15) is 0 Å². The van der Waals surface area contributed by atoms with Crippen molar-refractivity contribution in [3.05, 3.63) is 91.0 Å². The number of carbonyl (C=O) groups is 1. The molecule has 0 heterocycles. The molecule has 2 nitrogen and oxygen atoms in total. The van der Waals surface area contributed by atoms with E-state index < -0.39 is 29.0 Å². The van der Waals surface area contributed by atoms with Crippen LogP contribution < -0.4 is 9.37 Å². The summed E-state index contributed by atoms with van der Waals surface area (Å²) >= 11 is 8.83. The summed E-state index contributed by atoms with van der Waals surface area (Å²) in [4.78, 5) is 12.2. The number of hydrogen-bond donors (Lipinski definition) is 1. The van der Waals surface area contributed by atoms with Gasteiger partial charge < -0.3 is 0 Å². The second kappa shape index (κ2) is 7.48. The number of benzene rings is 3. The van der Waals surface area contributed by atoms with Gasteiger partial charge in [0, 0.05) is 0 Å². The van der Waals surface area contributed by atoms with Crippen molar-refractivity contribution in [2.45, 2.75) is 1.89 Å². The van der Waals surface area contributed by atoms with E-state index in [1.807, 2.05) is 91.0 Å². The molecule has 0 fully saturated rings. The fraction of sp³-hybridized carbons (Fsp3) is 0.0500. The molecule has 0 aromatic heterocycles. The molecule has 1 N–H and O–H groups in total. The maximum absolute atomic E-state index is 12.2. The van der Waals surface area contributed by atoms with Gasteiger partial charge in [-0.1, -0.05) is 0 Å². The number of carboxylic acid groups (broad SMARTS) is 1. The minimum absolute atomic E-state index is 0.930. The van der Waals surface area contributed by atoms with Crippen LogP contribution in [0.25, 0.3) is 0 Å². The fourth-order valence-electron chi connectivity index (χ4n) is 3.27. The first-order valence-electron chi connectivity index (χ1n) is 7.79. The van der Waals surface area contributed by atoms with Crippen molar-refractivity contribution in [2.75, 3.05) is 0 Å². The van der Waals surface area contributed by atoms with Crippen LogP contribution in [0.4, 0.5) is 0 Å². The molecule has 3 aromatic rings. The SMILES string of the molecule is O=C(O)[C](Cl)(Cl)[Pb]([c]1ccccc1)([c]1ccccc1)[c]1ccccc1. The van der Waals surface area contributed by atoms with Gasteiger partial charge in [0.1, 0.15) is 0 Å². The van der Waals surface area contributed by atoms with E-state index in [4.69, 9.17) is 23.2 Å². The molecule has 0 spiro atoms. The number of alkyl halides is 2. The third-order valence-corrected chi connectivity index (χ3v) is 28.1. The van der Waals surface area contributed by atoms with Gasteiger partial charge in [-0.25, -0.2) is 0 Å². The topological polar surface area (TPSA) is 37.3 Å². The van der Waals surface area contributed by atoms with Gasteiger partial charge in [0.25, 0.3) is 0 Å². The van der Waals surface area contributed by atoms with Crippen molar-refractivity contribution in [1.82, 2.24) is 0 Å². The van der Waals surface area contributed by atoms with Gasteiger partial charge in [0.15, 0.2) is 0 Å². The Morgan fingerprint density at radius 1 is 0.680 bits per heavy atom. The minimum atomic E-state index is -4.49. The average molecular weight is 566 g/mol. The molecule has 3 rings (SSSR count). The Balaban J connectivity index is 2.47. The predicted octanol–water partition coefficient (Wildman–Crippen LogP) is 2.95. The normalized spacial score (nSPS) is 11.9. The molecule has 0 saturated heterocycles. The fourth-order valence-corrected chi connectivity index (χ4v) is 26.5. The third-order valence-electron chi connectivity index (χ3n) is 4.36. The summed E-state index contributed by atoms with van der Waals surface area (Å²) in [6, 6.07) is 28.8. The molecule has 0 amide bonds. The number of rotatable bonds is 5. The summed E-state index contributed by atoms with van der Waals surface area (Å²) in [6.45, 7) is 0. The van der Waals surface area contributed by atoms with E-state index in [1.165, 1.54) is 0 Å². The Morgan fingerprint density at radius 2 is 0.960 bits per heavy atom. The average Bonchev–Trinajstić information content (AvgIpc) is 2.65. The first kappa shape index (κ1) is 18.4. The molecule has 3 aromatic carbocycles. The zero-order valence-corrected chi connectivity index (χ0v) is 18.7. The summed E-state index contributed by atoms with van der Waals surface area (Å²) in [5.41, 5.74) is 0. The summed E-state index contributed by atoms with van der Waals surface area (Å²) in [7, 11) is 0. The molecule has 0 saturated carbocycles. The Bertz CT molecular complexity index is 756. The molecule has 0 aliphatic carbocycles. The first-order chi connectivity index (χ1) is 12.0. The van der Waals surface area contributed by atoms with Crippen molar-refractivity contribution < 1.29 is 9.90 Å². The monoisotopic (exact) mass is 566 g/mol. The molecule has 0 bridgehead atoms. The maximum atomic E-state index is 12.2. The summed E-state index contributed by atoms with van der Waals surface area (Å²) in [5.74, 6) is -1.20. The standard InChI is InChI=1S/3C6H5.C2HCl2O2.Pb/c3*1-2-4-6-5-3-1;3-1(4)2(5)6;/h3*1-5H;(H,5,6);. The van der Waals surface area contributed by atoms with Gasteiger partial charge >= 0.3 is 163 Å². The molecule has 25 heavy (non-hydrogen) atoms. The number of hydrogen-bond acceptors (Lipinski definition) is 1. The second-order valence-electron chi connectivity index (χ2n) is 5.73. The van der Waals surface area contributed by atoms with E-state index in [9.17, 15) is 9.90 Å². The van der Waals surface area contributed by atoms with E-state index in [1.54, 1.807) is 0 Å². The van der Waals surface area contributed by atoms with Gasteiger partial charge in [-0.2, -0.15) is 0 Å². The van der Waals surface area contributed by atoms with Crippen LogP contribution in [0.2, 0.25) is 0 Å². The first-order valence-corrected chi connectivity index (χ1v) is 16.3. The molecule has 0 aliphatic heterocycles. The van der Waals surface area contributed by atoms with Crippen molar-refractivity contribution in [2.24, 2.45) is 0 Å². The quantitative estimate of drug-likeness (QED) is 0.381. The third kappa shape index (κ3) is 3.11. The Hall–Kier alpha value is -1.37. The van der Waals surface area contributed by atoms with Gasteiger partial charge in [-0.3, -0.25) is 0 Å². The van der Waals surface area contributed by atoms with Crippen molar-refractivity contribution >= 4 is 59.7 Å². The predicted molar refractivity (Wildman–Crippen MR) is 106 cm³/mol. The van der Waals surface area contributed by atoms with Crippen LogP contribution in [0.15, 0.2) is 91.0 Å². The Labute approximate surface area is 161 Å². The summed E-state index contributed by atoms with van der Waals surface area (Å²) in [6.07, 6.45) is 0. The van der Waals surface area contributed by atoms with Crippen LogP contribution in [0.5, 0.6) is 0 Å². The molecular formula is C20H16Cl2O2Pb. The molecule has 0 unspecified atom stereocenters. The molecule has 0 aliphatic rings. The molecule has 5 heteroatoms. The van der Waals surface area contributed by atoms with E-state index in [2.05, 4.69) is 0 Å². The zero-order valence-electron chi connectivity index (χ0n) is 13.3. The Kier molecular flexibility index (Phi) is 5.51. The van der Waals surface area contributed by atoms with E-state index >= 15 is 0 Å². The second-order valence-corrected chi connectivity index (χ2v) is 25.0. The molecule has 0 radical (unpaired) electrons. The van der Waals surface area contributed by atoms with Crippen LogP contribution in [-0.2, 0) is 4.79 Å². The van der Waals surface area contributed by atoms with Gasteiger partial charge in [-0.15, -0.1) is 0 Å². The molecule has 0 atom stereocenters. The van der Waals surface area contributed by atoms with Crippen molar-refractivity contribution in [1.29, 1.82) is 0 Å². The van der Waals surface area contributed by atoms with Gasteiger partial charge in [0.05, 0.1) is 0 Å². The molecule has 126 valence electrons. The van der Waals surface area contributed by atoms with Crippen LogP contribution in [-0.4, -0.2) is 34.1 Å². The van der Waals surface area contributed by atoms with Crippen molar-refractivity contribution in [3.63, 3.8) is 0 Å². The van der Waals surface area contributed by atoms with E-state index in [0.717, 1.165) is 9.37 Å². The summed E-state index contributed by atoms with van der Waals surface area (Å²) in [5, 5.41) is 9.95. The van der Waals surface area contributed by atoms with Crippen LogP contribution in [0, 0.1) is 0 Å². The van der Waals surface area contributed by atoms with Crippen LogP contribution in [0.3, 0.4) is 0 Å². The zero-order chi connectivity index (χ0) is 17.9. The number of carboxylic acids is 1. The molecular weight excluding hydrogens is 550 g/mol. The number of aliphatic carboxylic acids is 1. The number of halogens is 2. The van der Waals surface area contributed by atoms with E-state index in [0.29, 0.717) is 0 Å². The van der Waals surface area contributed by atoms with E-state index in [-0.39, 0.29) is 0 Å². The van der Waals surface area contributed by atoms with Crippen molar-refractivity contribution in [3.8, 4) is 0 Å². The van der Waals surface area contributed by atoms with Gasteiger partial charge in [0.2, 0.25) is 0 Å². The summed E-state index contributed by atoms with van der Waals surface area (Å²) < 4.78 is 0.899. The van der Waals surface area contributed by atoms with Crippen LogP contribution >= 0.6 is 23.2 Å². The Morgan fingerprint density at radius 3 is 1.20 bits per heavy atom.